The van der Waals surface area contributed by atoms with Crippen LogP contribution in [0.3, 0.4) is 0 Å². The molecular weight excluding hydrogens is 370 g/mol. The summed E-state index contributed by atoms with van der Waals surface area (Å²) in [5.74, 6) is -0.0264. The van der Waals surface area contributed by atoms with Crippen molar-refractivity contribution in [2.45, 2.75) is 13.5 Å². The molecule has 24 heavy (non-hydrogen) atoms. The van der Waals surface area contributed by atoms with Crippen LogP contribution in [-0.4, -0.2) is 41.9 Å². The predicted molar refractivity (Wildman–Crippen MR) is 98.4 cm³/mol. The minimum Gasteiger partial charge on any atom is -0.378 e. The van der Waals surface area contributed by atoms with Crippen molar-refractivity contribution in [2.75, 3.05) is 31.2 Å². The van der Waals surface area contributed by atoms with Crippen molar-refractivity contribution in [3.63, 3.8) is 0 Å². The van der Waals surface area contributed by atoms with Crippen LogP contribution >= 0.6 is 15.9 Å². The Morgan fingerprint density at radius 2 is 2.00 bits per heavy atom. The third kappa shape index (κ3) is 3.94. The number of hydrogen-bond acceptors (Lipinski definition) is 4. The number of hydrogen-bond donors (Lipinski definition) is 0. The van der Waals surface area contributed by atoms with Gasteiger partial charge < -0.3 is 9.64 Å². The Hall–Kier alpha value is -1.92. The highest BCUT2D eigenvalue weighted by Crippen LogP contribution is 2.19. The number of ether oxygens (including phenoxy) is 1. The Bertz CT molecular complexity index is 731. The average Bonchev–Trinajstić information content (AvgIpc) is 3.00. The van der Waals surface area contributed by atoms with Gasteiger partial charge in [-0.25, -0.2) is 0 Å². The monoisotopic (exact) mass is 389 g/mol. The molecule has 6 heteroatoms. The number of carbonyl (C=O) groups is 1. The number of allylic oxidation sites excluding steroid dienone is 1. The summed E-state index contributed by atoms with van der Waals surface area (Å²) >= 11 is 3.46. The van der Waals surface area contributed by atoms with Crippen LogP contribution in [0.15, 0.2) is 41.0 Å². The Morgan fingerprint density at radius 1 is 1.29 bits per heavy atom. The molecule has 1 saturated heterocycles. The molecule has 2 aromatic rings. The summed E-state index contributed by atoms with van der Waals surface area (Å²) in [6, 6.07) is 7.73. The number of morpholine rings is 1. The summed E-state index contributed by atoms with van der Waals surface area (Å²) in [7, 11) is 0. The maximum Gasteiger partial charge on any atom is 0.185 e. The summed E-state index contributed by atoms with van der Waals surface area (Å²) in [6.07, 6.45) is 5.21. The standard InChI is InChI=1S/C18H20BrN3O2/c1-2-22-13-16(19)17(20-22)7-8-18(23)14-3-5-15(6-4-14)21-9-11-24-12-10-21/h3-8,13H,2,9-12H2,1H3/b8-7+. The van der Waals surface area contributed by atoms with E-state index in [0.29, 0.717) is 5.56 Å². The zero-order chi connectivity index (χ0) is 16.9. The lowest BCUT2D eigenvalue weighted by Crippen LogP contribution is -2.36. The number of halogens is 1. The molecule has 0 unspecified atom stereocenters. The summed E-state index contributed by atoms with van der Waals surface area (Å²) in [6.45, 7) is 6.10. The van der Waals surface area contributed by atoms with E-state index in [2.05, 4.69) is 25.9 Å². The quantitative estimate of drug-likeness (QED) is 0.580. The van der Waals surface area contributed by atoms with Crippen LogP contribution in [0, 0.1) is 0 Å². The van der Waals surface area contributed by atoms with Crippen LogP contribution in [0.5, 0.6) is 0 Å². The molecule has 126 valence electrons. The van der Waals surface area contributed by atoms with Gasteiger partial charge in [-0.3, -0.25) is 9.48 Å². The van der Waals surface area contributed by atoms with Gasteiger partial charge in [0.25, 0.3) is 0 Å². The normalized spacial score (nSPS) is 15.2. The molecule has 3 rings (SSSR count). The lowest BCUT2D eigenvalue weighted by molar-refractivity contribution is 0.104. The number of carbonyl (C=O) groups excluding carboxylic acids is 1. The van der Waals surface area contributed by atoms with Gasteiger partial charge in [-0.1, -0.05) is 0 Å². The van der Waals surface area contributed by atoms with Crippen LogP contribution in [-0.2, 0) is 11.3 Å². The first-order valence-electron chi connectivity index (χ1n) is 8.05. The molecule has 1 fully saturated rings. The zero-order valence-electron chi connectivity index (χ0n) is 13.6. The maximum absolute atomic E-state index is 12.3. The lowest BCUT2D eigenvalue weighted by atomic mass is 10.1. The minimum absolute atomic E-state index is 0.0264. The Balaban J connectivity index is 1.68. The second-order valence-electron chi connectivity index (χ2n) is 5.56. The van der Waals surface area contributed by atoms with Gasteiger partial charge in [0, 0.05) is 37.1 Å². The van der Waals surface area contributed by atoms with Crippen molar-refractivity contribution in [2.24, 2.45) is 0 Å². The molecule has 1 aromatic heterocycles. The van der Waals surface area contributed by atoms with Crippen molar-refractivity contribution < 1.29 is 9.53 Å². The fourth-order valence-corrected chi connectivity index (χ4v) is 3.04. The van der Waals surface area contributed by atoms with Gasteiger partial charge in [-0.05, 0) is 59.3 Å². The SMILES string of the molecule is CCn1cc(Br)c(/C=C/C(=O)c2ccc(N3CCOCC3)cc2)n1. The first kappa shape index (κ1) is 16.9. The highest BCUT2D eigenvalue weighted by atomic mass is 79.9. The molecule has 1 aliphatic rings. The third-order valence-electron chi connectivity index (χ3n) is 3.99. The van der Waals surface area contributed by atoms with E-state index < -0.39 is 0 Å². The van der Waals surface area contributed by atoms with Crippen molar-refractivity contribution in [3.05, 3.63) is 52.3 Å². The molecular formula is C18H20BrN3O2. The highest BCUT2D eigenvalue weighted by molar-refractivity contribution is 9.10. The summed E-state index contributed by atoms with van der Waals surface area (Å²) in [5, 5.41) is 4.38. The van der Waals surface area contributed by atoms with E-state index in [4.69, 9.17) is 4.74 Å². The van der Waals surface area contributed by atoms with Gasteiger partial charge in [0.15, 0.2) is 5.78 Å². The lowest BCUT2D eigenvalue weighted by Gasteiger charge is -2.28. The Morgan fingerprint density at radius 3 is 2.62 bits per heavy atom. The number of benzene rings is 1. The first-order valence-corrected chi connectivity index (χ1v) is 8.85. The molecule has 0 aliphatic carbocycles. The van der Waals surface area contributed by atoms with E-state index in [1.165, 1.54) is 0 Å². The molecule has 0 spiro atoms. The van der Waals surface area contributed by atoms with E-state index in [1.54, 1.807) is 12.2 Å². The molecule has 0 saturated carbocycles. The highest BCUT2D eigenvalue weighted by Gasteiger charge is 2.11. The molecule has 1 aromatic carbocycles. The molecule has 0 bridgehead atoms. The number of rotatable bonds is 5. The number of aryl methyl sites for hydroxylation is 1. The molecule has 0 radical (unpaired) electrons. The van der Waals surface area contributed by atoms with Crippen LogP contribution in [0.4, 0.5) is 5.69 Å². The van der Waals surface area contributed by atoms with Gasteiger partial charge in [0.05, 0.1) is 23.4 Å². The van der Waals surface area contributed by atoms with Crippen LogP contribution in [0.2, 0.25) is 0 Å². The predicted octanol–water partition coefficient (Wildman–Crippen LogP) is 3.40. The largest absolute Gasteiger partial charge is 0.378 e. The van der Waals surface area contributed by atoms with Gasteiger partial charge in [-0.2, -0.15) is 5.10 Å². The van der Waals surface area contributed by atoms with Gasteiger partial charge in [0.1, 0.15) is 0 Å². The molecule has 1 aliphatic heterocycles. The van der Waals surface area contributed by atoms with Gasteiger partial charge in [-0.15, -0.1) is 0 Å². The molecule has 0 N–H and O–H groups in total. The van der Waals surface area contributed by atoms with E-state index >= 15 is 0 Å². The van der Waals surface area contributed by atoms with Crippen LogP contribution < -0.4 is 4.90 Å². The van der Waals surface area contributed by atoms with Gasteiger partial charge >= 0.3 is 0 Å². The van der Waals surface area contributed by atoms with E-state index in [9.17, 15) is 4.79 Å². The van der Waals surface area contributed by atoms with Crippen molar-refractivity contribution >= 4 is 33.5 Å². The van der Waals surface area contributed by atoms with Crippen LogP contribution in [0.25, 0.3) is 6.08 Å². The maximum atomic E-state index is 12.3. The van der Waals surface area contributed by atoms with Gasteiger partial charge in [0.2, 0.25) is 0 Å². The van der Waals surface area contributed by atoms with Crippen molar-refractivity contribution in [1.82, 2.24) is 9.78 Å². The fourth-order valence-electron chi connectivity index (χ4n) is 2.60. The van der Waals surface area contributed by atoms with Crippen molar-refractivity contribution in [3.8, 4) is 0 Å². The molecule has 2 heterocycles. The molecule has 0 amide bonds. The second-order valence-corrected chi connectivity index (χ2v) is 6.42. The van der Waals surface area contributed by atoms with Crippen molar-refractivity contribution in [1.29, 1.82) is 0 Å². The number of aromatic nitrogens is 2. The second kappa shape index (κ2) is 7.77. The number of ketones is 1. The summed E-state index contributed by atoms with van der Waals surface area (Å²) in [5.41, 5.74) is 2.56. The first-order chi connectivity index (χ1) is 11.7. The molecule has 5 nitrogen and oxygen atoms in total. The minimum atomic E-state index is -0.0264. The fraction of sp³-hybridized carbons (Fsp3) is 0.333. The van der Waals surface area contributed by atoms with Crippen LogP contribution in [0.1, 0.15) is 23.0 Å². The Labute approximate surface area is 150 Å². The average molecular weight is 390 g/mol. The number of nitrogens with zero attached hydrogens (tertiary/aromatic N) is 3. The smallest absolute Gasteiger partial charge is 0.185 e. The topological polar surface area (TPSA) is 47.4 Å². The Kier molecular flexibility index (Phi) is 5.48. The molecule has 0 atom stereocenters. The number of anilines is 1. The van der Waals surface area contributed by atoms with E-state index in [-0.39, 0.29) is 5.78 Å². The summed E-state index contributed by atoms with van der Waals surface area (Å²) in [4.78, 5) is 14.6. The zero-order valence-corrected chi connectivity index (χ0v) is 15.2. The van der Waals surface area contributed by atoms with E-state index in [0.717, 1.165) is 48.7 Å². The summed E-state index contributed by atoms with van der Waals surface area (Å²) < 4.78 is 8.07. The third-order valence-corrected chi connectivity index (χ3v) is 4.60. The van der Waals surface area contributed by atoms with E-state index in [1.807, 2.05) is 42.1 Å².